The van der Waals surface area contributed by atoms with Gasteiger partial charge in [-0.15, -0.1) is 0 Å². The molecule has 1 atom stereocenters. The Morgan fingerprint density at radius 2 is 2.50 bits per heavy atom. The summed E-state index contributed by atoms with van der Waals surface area (Å²) in [5.41, 5.74) is 0. The van der Waals surface area contributed by atoms with Gasteiger partial charge in [0.15, 0.2) is 0 Å². The Hall–Kier alpha value is -0.410. The van der Waals surface area contributed by atoms with Crippen molar-refractivity contribution < 1.29 is 4.55 Å². The van der Waals surface area contributed by atoms with Crippen molar-refractivity contribution >= 4 is 11.2 Å². The van der Waals surface area contributed by atoms with Gasteiger partial charge in [0, 0.05) is 23.5 Å². The van der Waals surface area contributed by atoms with Crippen LogP contribution in [-0.4, -0.2) is 10.8 Å². The topological polar surface area (TPSA) is 37.2 Å². The molecule has 0 N–H and O–H groups in total. The Balaban J connectivity index is 2.51. The maximum atomic E-state index is 10.6. The van der Waals surface area contributed by atoms with Crippen LogP contribution in [0.5, 0.6) is 0 Å². The Morgan fingerprint density at radius 3 is 2.75 bits per heavy atom. The minimum absolute atomic E-state index is 0.657. The summed E-state index contributed by atoms with van der Waals surface area (Å²) in [6.07, 6.45) is 6.77. The van der Waals surface area contributed by atoms with Crippen molar-refractivity contribution in [2.24, 2.45) is 0 Å². The summed E-state index contributed by atoms with van der Waals surface area (Å²) < 4.78 is 10.6. The number of rotatable bonds is 1. The SMILES string of the molecule is C[S+]([O-])C1=CC=C[N]1. The van der Waals surface area contributed by atoms with Crippen molar-refractivity contribution in [3.8, 4) is 0 Å². The maximum Gasteiger partial charge on any atom is 0.244 e. The van der Waals surface area contributed by atoms with Gasteiger partial charge in [-0.1, -0.05) is 0 Å². The van der Waals surface area contributed by atoms with Crippen LogP contribution in [0.25, 0.3) is 0 Å². The monoisotopic (exact) mass is 128 g/mol. The fraction of sp³-hybridized carbons (Fsp3) is 0.200. The van der Waals surface area contributed by atoms with Crippen molar-refractivity contribution in [3.63, 3.8) is 0 Å². The third-order valence-electron chi connectivity index (χ3n) is 0.821. The molecule has 1 unspecified atom stereocenters. The van der Waals surface area contributed by atoms with Crippen molar-refractivity contribution in [2.75, 3.05) is 6.26 Å². The fourth-order valence-electron chi connectivity index (χ4n) is 0.455. The maximum absolute atomic E-state index is 10.6. The minimum Gasteiger partial charge on any atom is -0.610 e. The Labute approximate surface area is 51.5 Å². The van der Waals surface area contributed by atoms with E-state index in [1.807, 2.05) is 0 Å². The molecule has 0 bridgehead atoms. The van der Waals surface area contributed by atoms with Crippen molar-refractivity contribution in [2.45, 2.75) is 0 Å². The number of nitrogens with zero attached hydrogens (tertiary/aromatic N) is 1. The normalized spacial score (nSPS) is 20.0. The summed E-state index contributed by atoms with van der Waals surface area (Å²) in [7, 11) is 0. The molecule has 1 radical (unpaired) electrons. The van der Waals surface area contributed by atoms with E-state index in [4.69, 9.17) is 0 Å². The summed E-state index contributed by atoms with van der Waals surface area (Å²) in [5, 5.41) is 4.47. The number of hydrogen-bond donors (Lipinski definition) is 0. The molecule has 0 aliphatic carbocycles. The molecular formula is C5H6NOS. The fourth-order valence-corrected chi connectivity index (χ4v) is 0.934. The predicted molar refractivity (Wildman–Crippen MR) is 33.4 cm³/mol. The first-order valence-electron chi connectivity index (χ1n) is 2.22. The highest BCUT2D eigenvalue weighted by Crippen LogP contribution is 2.06. The van der Waals surface area contributed by atoms with Gasteiger partial charge in [-0.05, 0) is 6.08 Å². The Kier molecular flexibility index (Phi) is 1.60. The second-order valence-corrected chi connectivity index (χ2v) is 2.76. The minimum atomic E-state index is -0.909. The van der Waals surface area contributed by atoms with Gasteiger partial charge in [0.05, 0.1) is 0 Å². The molecule has 0 aromatic heterocycles. The second kappa shape index (κ2) is 2.24. The van der Waals surface area contributed by atoms with Gasteiger partial charge in [0.25, 0.3) is 0 Å². The zero-order chi connectivity index (χ0) is 5.98. The zero-order valence-corrected chi connectivity index (χ0v) is 5.31. The molecule has 43 valence electrons. The summed E-state index contributed by atoms with van der Waals surface area (Å²) in [6.45, 7) is 0. The molecule has 0 fully saturated rings. The van der Waals surface area contributed by atoms with E-state index in [0.29, 0.717) is 5.03 Å². The van der Waals surface area contributed by atoms with E-state index in [9.17, 15) is 4.55 Å². The smallest absolute Gasteiger partial charge is 0.244 e. The van der Waals surface area contributed by atoms with Crippen LogP contribution in [0, 0.1) is 0 Å². The third kappa shape index (κ3) is 1.05. The van der Waals surface area contributed by atoms with E-state index in [0.717, 1.165) is 0 Å². The lowest BCUT2D eigenvalue weighted by molar-refractivity contribution is 0.604. The standard InChI is InChI=1S/C5H6NOS/c1-8(7)5-3-2-4-6-5/h2-4H,1H3. The molecule has 0 aromatic carbocycles. The summed E-state index contributed by atoms with van der Waals surface area (Å²) in [6, 6.07) is 0. The molecule has 1 aliphatic rings. The molecule has 1 heterocycles. The van der Waals surface area contributed by atoms with Crippen LogP contribution in [0.2, 0.25) is 0 Å². The van der Waals surface area contributed by atoms with Gasteiger partial charge < -0.3 is 4.55 Å². The lowest BCUT2D eigenvalue weighted by Gasteiger charge is -2.00. The first kappa shape index (κ1) is 5.72. The molecule has 0 aromatic rings. The molecule has 0 amide bonds. The molecule has 8 heavy (non-hydrogen) atoms. The van der Waals surface area contributed by atoms with Crippen LogP contribution >= 0.6 is 0 Å². The molecule has 1 aliphatic heterocycles. The highest BCUT2D eigenvalue weighted by atomic mass is 32.2. The number of allylic oxidation sites excluding steroid dienone is 2. The molecule has 0 saturated carbocycles. The average Bonchev–Trinajstić information content (AvgIpc) is 2.12. The van der Waals surface area contributed by atoms with Gasteiger partial charge in [0.2, 0.25) is 5.03 Å². The highest BCUT2D eigenvalue weighted by molar-refractivity contribution is 7.94. The molecule has 3 heteroatoms. The van der Waals surface area contributed by atoms with Gasteiger partial charge in [-0.2, -0.15) is 0 Å². The largest absolute Gasteiger partial charge is 0.610 e. The van der Waals surface area contributed by atoms with Crippen molar-refractivity contribution in [1.29, 1.82) is 0 Å². The lowest BCUT2D eigenvalue weighted by atomic mass is 10.6. The molecule has 1 rings (SSSR count). The lowest BCUT2D eigenvalue weighted by Crippen LogP contribution is -2.05. The average molecular weight is 128 g/mol. The summed E-state index contributed by atoms with van der Waals surface area (Å²) in [5.74, 6) is 0. The van der Waals surface area contributed by atoms with Crippen LogP contribution in [-0.2, 0) is 11.2 Å². The van der Waals surface area contributed by atoms with E-state index >= 15 is 0 Å². The first-order chi connectivity index (χ1) is 3.80. The highest BCUT2D eigenvalue weighted by Gasteiger charge is 2.09. The van der Waals surface area contributed by atoms with E-state index < -0.39 is 11.2 Å². The third-order valence-corrected chi connectivity index (χ3v) is 1.65. The van der Waals surface area contributed by atoms with Crippen molar-refractivity contribution in [3.05, 3.63) is 23.4 Å². The summed E-state index contributed by atoms with van der Waals surface area (Å²) in [4.78, 5) is 0. The van der Waals surface area contributed by atoms with Gasteiger partial charge in [-0.3, -0.25) is 0 Å². The van der Waals surface area contributed by atoms with Gasteiger partial charge in [-0.25, -0.2) is 5.32 Å². The van der Waals surface area contributed by atoms with Crippen molar-refractivity contribution in [1.82, 2.24) is 5.32 Å². The molecule has 0 saturated heterocycles. The van der Waals surface area contributed by atoms with Crippen LogP contribution in [0.3, 0.4) is 0 Å². The Morgan fingerprint density at radius 1 is 1.75 bits per heavy atom. The Bertz CT molecular complexity index is 139. The van der Waals surface area contributed by atoms with Crippen LogP contribution in [0.15, 0.2) is 23.4 Å². The van der Waals surface area contributed by atoms with E-state index in [1.54, 1.807) is 24.6 Å². The molecule has 0 spiro atoms. The second-order valence-electron chi connectivity index (χ2n) is 1.43. The van der Waals surface area contributed by atoms with Gasteiger partial charge >= 0.3 is 0 Å². The predicted octanol–water partition coefficient (Wildman–Crippen LogP) is 0.338. The van der Waals surface area contributed by atoms with Crippen LogP contribution < -0.4 is 5.32 Å². The molecule has 2 nitrogen and oxygen atoms in total. The van der Waals surface area contributed by atoms with E-state index in [1.165, 1.54) is 0 Å². The van der Waals surface area contributed by atoms with Crippen LogP contribution in [0.1, 0.15) is 0 Å². The van der Waals surface area contributed by atoms with E-state index in [-0.39, 0.29) is 0 Å². The molecular weight excluding hydrogens is 122 g/mol. The quantitative estimate of drug-likeness (QED) is 0.469. The van der Waals surface area contributed by atoms with Crippen LogP contribution in [0.4, 0.5) is 0 Å². The first-order valence-corrected chi connectivity index (χ1v) is 3.77. The van der Waals surface area contributed by atoms with E-state index in [2.05, 4.69) is 5.32 Å². The van der Waals surface area contributed by atoms with Gasteiger partial charge in [0.1, 0.15) is 6.26 Å². The number of hydrogen-bond acceptors (Lipinski definition) is 1. The summed E-state index contributed by atoms with van der Waals surface area (Å²) >= 11 is -0.909. The zero-order valence-electron chi connectivity index (χ0n) is 4.50.